The molecule has 2 rings (SSSR count). The van der Waals surface area contributed by atoms with E-state index in [1.54, 1.807) is 4.68 Å². The summed E-state index contributed by atoms with van der Waals surface area (Å²) in [6.45, 7) is 3.81. The predicted molar refractivity (Wildman–Crippen MR) is 79.3 cm³/mol. The molecule has 2 aromatic heterocycles. The van der Waals surface area contributed by atoms with Gasteiger partial charge in [0, 0.05) is 24.5 Å². The number of aromatic nitrogens is 3. The van der Waals surface area contributed by atoms with Crippen molar-refractivity contribution in [1.82, 2.24) is 14.8 Å². The molecule has 0 fully saturated rings. The van der Waals surface area contributed by atoms with Crippen LogP contribution in [0.25, 0.3) is 0 Å². The Labute approximate surface area is 126 Å². The van der Waals surface area contributed by atoms with Gasteiger partial charge in [0.1, 0.15) is 0 Å². The number of carbonyl (C=O) groups is 1. The third-order valence-electron chi connectivity index (χ3n) is 3.11. The number of pyridine rings is 1. The monoisotopic (exact) mass is 312 g/mol. The van der Waals surface area contributed by atoms with Gasteiger partial charge in [0.15, 0.2) is 0 Å². The van der Waals surface area contributed by atoms with Crippen molar-refractivity contribution < 1.29 is 4.79 Å². The third kappa shape index (κ3) is 2.94. The topological polar surface area (TPSA) is 59.8 Å². The minimum atomic E-state index is -0.185. The molecular formula is C13H14Cl2N4O. The van der Waals surface area contributed by atoms with Gasteiger partial charge in [0.2, 0.25) is 5.91 Å². The number of halogens is 2. The summed E-state index contributed by atoms with van der Waals surface area (Å²) in [7, 11) is 1.85. The smallest absolute Gasteiger partial charge is 0.229 e. The summed E-state index contributed by atoms with van der Waals surface area (Å²) in [5, 5.41) is 7.58. The van der Waals surface area contributed by atoms with Gasteiger partial charge in [-0.15, -0.1) is 0 Å². The van der Waals surface area contributed by atoms with Gasteiger partial charge >= 0.3 is 0 Å². The lowest BCUT2D eigenvalue weighted by molar-refractivity contribution is -0.115. The summed E-state index contributed by atoms with van der Waals surface area (Å²) < 4.78 is 1.76. The first-order valence-electron chi connectivity index (χ1n) is 5.98. The Balaban J connectivity index is 2.15. The van der Waals surface area contributed by atoms with Gasteiger partial charge in [0.05, 0.1) is 34.0 Å². The van der Waals surface area contributed by atoms with Gasteiger partial charge in [-0.3, -0.25) is 14.5 Å². The zero-order valence-corrected chi connectivity index (χ0v) is 12.9. The molecule has 0 unspecified atom stereocenters. The molecule has 0 atom stereocenters. The van der Waals surface area contributed by atoms with Crippen LogP contribution in [0, 0.1) is 13.8 Å². The van der Waals surface area contributed by atoms with Gasteiger partial charge in [-0.25, -0.2) is 0 Å². The number of rotatable bonds is 3. The van der Waals surface area contributed by atoms with Crippen LogP contribution in [0.3, 0.4) is 0 Å². The zero-order valence-electron chi connectivity index (χ0n) is 11.4. The molecule has 20 heavy (non-hydrogen) atoms. The summed E-state index contributed by atoms with van der Waals surface area (Å²) in [4.78, 5) is 16.0. The zero-order chi connectivity index (χ0) is 14.9. The number of anilines is 1. The Bertz CT molecular complexity index is 667. The lowest BCUT2D eigenvalue weighted by Crippen LogP contribution is -2.16. The van der Waals surface area contributed by atoms with E-state index in [1.807, 2.05) is 20.9 Å². The maximum Gasteiger partial charge on any atom is 0.229 e. The van der Waals surface area contributed by atoms with Crippen molar-refractivity contribution in [2.24, 2.45) is 7.05 Å². The normalized spacial score (nSPS) is 10.7. The molecule has 0 aromatic carbocycles. The standard InChI is InChI=1S/C13H14Cl2N4O/c1-7-9(8(2)19(3)18-7)4-12(20)17-11-6-16-5-10(14)13(11)15/h5-6H,4H2,1-3H3,(H,17,20). The first-order chi connectivity index (χ1) is 9.40. The molecule has 0 spiro atoms. The maximum absolute atomic E-state index is 12.1. The number of amides is 1. The highest BCUT2D eigenvalue weighted by atomic mass is 35.5. The van der Waals surface area contributed by atoms with Crippen molar-refractivity contribution in [1.29, 1.82) is 0 Å². The highest BCUT2D eigenvalue weighted by molar-refractivity contribution is 6.43. The summed E-state index contributed by atoms with van der Waals surface area (Å²) in [6.07, 6.45) is 3.12. The Hall–Kier alpha value is -1.59. The average Bonchev–Trinajstić information content (AvgIpc) is 2.62. The van der Waals surface area contributed by atoms with Crippen LogP contribution < -0.4 is 5.32 Å². The van der Waals surface area contributed by atoms with Crippen molar-refractivity contribution >= 4 is 34.8 Å². The number of aryl methyl sites for hydroxylation is 2. The van der Waals surface area contributed by atoms with Crippen molar-refractivity contribution in [3.63, 3.8) is 0 Å². The van der Waals surface area contributed by atoms with Crippen molar-refractivity contribution in [2.45, 2.75) is 20.3 Å². The molecule has 0 aliphatic rings. The average molecular weight is 313 g/mol. The molecule has 2 heterocycles. The molecule has 0 aliphatic carbocycles. The first kappa shape index (κ1) is 14.8. The number of carbonyl (C=O) groups excluding carboxylic acids is 1. The van der Waals surface area contributed by atoms with Gasteiger partial charge in [-0.1, -0.05) is 23.2 Å². The molecule has 0 radical (unpaired) electrons. The first-order valence-corrected chi connectivity index (χ1v) is 6.73. The molecule has 0 aliphatic heterocycles. The van der Waals surface area contributed by atoms with E-state index in [0.717, 1.165) is 17.0 Å². The van der Waals surface area contributed by atoms with Gasteiger partial charge in [-0.2, -0.15) is 5.10 Å². The lowest BCUT2D eigenvalue weighted by Gasteiger charge is -2.08. The van der Waals surface area contributed by atoms with Crippen LogP contribution in [0.2, 0.25) is 10.0 Å². The molecule has 1 amide bonds. The predicted octanol–water partition coefficient (Wildman–Crippen LogP) is 2.92. The van der Waals surface area contributed by atoms with Crippen molar-refractivity contribution in [3.8, 4) is 0 Å². The minimum Gasteiger partial charge on any atom is -0.323 e. The number of nitrogens with zero attached hydrogens (tertiary/aromatic N) is 3. The Morgan fingerprint density at radius 1 is 1.35 bits per heavy atom. The fourth-order valence-electron chi connectivity index (χ4n) is 1.93. The Kier molecular flexibility index (Phi) is 4.30. The van der Waals surface area contributed by atoms with E-state index in [2.05, 4.69) is 15.4 Å². The van der Waals surface area contributed by atoms with Gasteiger partial charge in [-0.05, 0) is 13.8 Å². The molecular weight excluding hydrogens is 299 g/mol. The Morgan fingerprint density at radius 2 is 2.05 bits per heavy atom. The van der Waals surface area contributed by atoms with Gasteiger partial charge in [0.25, 0.3) is 0 Å². The molecule has 7 heteroatoms. The van der Waals surface area contributed by atoms with Crippen LogP contribution in [0.15, 0.2) is 12.4 Å². The Morgan fingerprint density at radius 3 is 2.65 bits per heavy atom. The minimum absolute atomic E-state index is 0.185. The number of hydrogen-bond donors (Lipinski definition) is 1. The third-order valence-corrected chi connectivity index (χ3v) is 3.90. The van der Waals surface area contributed by atoms with Crippen LogP contribution in [0.1, 0.15) is 17.0 Å². The molecule has 2 aromatic rings. The second kappa shape index (κ2) is 5.81. The summed E-state index contributed by atoms with van der Waals surface area (Å²) in [5.41, 5.74) is 3.13. The maximum atomic E-state index is 12.1. The fourth-order valence-corrected chi connectivity index (χ4v) is 2.24. The van der Waals surface area contributed by atoms with E-state index in [4.69, 9.17) is 23.2 Å². The second-order valence-electron chi connectivity index (χ2n) is 4.48. The van der Waals surface area contributed by atoms with Crippen LogP contribution in [0.4, 0.5) is 5.69 Å². The fraction of sp³-hybridized carbons (Fsp3) is 0.308. The van der Waals surface area contributed by atoms with Crippen LogP contribution in [-0.4, -0.2) is 20.7 Å². The molecule has 5 nitrogen and oxygen atoms in total. The quantitative estimate of drug-likeness (QED) is 0.948. The molecule has 106 valence electrons. The molecule has 0 bridgehead atoms. The lowest BCUT2D eigenvalue weighted by atomic mass is 10.1. The van der Waals surface area contributed by atoms with Crippen molar-refractivity contribution in [3.05, 3.63) is 39.4 Å². The van der Waals surface area contributed by atoms with Crippen molar-refractivity contribution in [2.75, 3.05) is 5.32 Å². The summed E-state index contributed by atoms with van der Waals surface area (Å²) in [5.74, 6) is -0.185. The second-order valence-corrected chi connectivity index (χ2v) is 5.27. The molecule has 0 saturated carbocycles. The summed E-state index contributed by atoms with van der Waals surface area (Å²) in [6, 6.07) is 0. The van der Waals surface area contributed by atoms with E-state index in [9.17, 15) is 4.79 Å². The SMILES string of the molecule is Cc1nn(C)c(C)c1CC(=O)Nc1cncc(Cl)c1Cl. The van der Waals surface area contributed by atoms with E-state index in [0.29, 0.717) is 10.7 Å². The van der Waals surface area contributed by atoms with E-state index in [1.165, 1.54) is 12.4 Å². The van der Waals surface area contributed by atoms with Crippen LogP contribution >= 0.6 is 23.2 Å². The molecule has 0 saturated heterocycles. The van der Waals surface area contributed by atoms with Crippen LogP contribution in [-0.2, 0) is 18.3 Å². The van der Waals surface area contributed by atoms with Gasteiger partial charge < -0.3 is 5.32 Å². The summed E-state index contributed by atoms with van der Waals surface area (Å²) >= 11 is 11.9. The van der Waals surface area contributed by atoms with E-state index >= 15 is 0 Å². The highest BCUT2D eigenvalue weighted by Gasteiger charge is 2.15. The van der Waals surface area contributed by atoms with E-state index < -0.39 is 0 Å². The highest BCUT2D eigenvalue weighted by Crippen LogP contribution is 2.28. The van der Waals surface area contributed by atoms with E-state index in [-0.39, 0.29) is 17.4 Å². The number of nitrogens with one attached hydrogen (secondary N) is 1. The molecule has 1 N–H and O–H groups in total. The largest absolute Gasteiger partial charge is 0.323 e. The van der Waals surface area contributed by atoms with Crippen LogP contribution in [0.5, 0.6) is 0 Å². The number of hydrogen-bond acceptors (Lipinski definition) is 3.